The Bertz CT molecular complexity index is 773. The molecule has 2 heterocycles. The standard InChI is InChI=1S/C17H18ClN3/c1-12-8-9-21-15(11-20(2)3)17(19-16(21)10-12)13-4-6-14(18)7-5-13/h4-10H,11H2,1-3H3/p+1. The fourth-order valence-electron chi connectivity index (χ4n) is 2.57. The zero-order valence-electron chi connectivity index (χ0n) is 12.5. The van der Waals surface area contributed by atoms with E-state index < -0.39 is 0 Å². The summed E-state index contributed by atoms with van der Waals surface area (Å²) < 4.78 is 2.22. The molecule has 3 nitrogen and oxygen atoms in total. The largest absolute Gasteiger partial charge is 0.302 e. The number of benzene rings is 1. The number of hydrogen-bond donors (Lipinski definition) is 1. The second kappa shape index (κ2) is 5.51. The van der Waals surface area contributed by atoms with Crippen molar-refractivity contribution < 1.29 is 4.40 Å². The summed E-state index contributed by atoms with van der Waals surface area (Å²) in [7, 11) is 4.17. The van der Waals surface area contributed by atoms with E-state index in [1.54, 1.807) is 0 Å². The number of aryl methyl sites for hydroxylation is 1. The van der Waals surface area contributed by atoms with Crippen molar-refractivity contribution in [1.82, 2.24) is 9.88 Å². The molecule has 0 bridgehead atoms. The van der Waals surface area contributed by atoms with E-state index in [9.17, 15) is 0 Å². The van der Waals surface area contributed by atoms with E-state index in [4.69, 9.17) is 11.6 Å². The normalized spacial score (nSPS) is 11.5. The number of pyridine rings is 1. The first kappa shape index (κ1) is 14.1. The van der Waals surface area contributed by atoms with Crippen LogP contribution in [0.1, 0.15) is 11.3 Å². The maximum atomic E-state index is 6.00. The van der Waals surface area contributed by atoms with E-state index in [-0.39, 0.29) is 0 Å². The molecule has 0 saturated heterocycles. The van der Waals surface area contributed by atoms with Gasteiger partial charge in [0.05, 0.1) is 12.7 Å². The highest BCUT2D eigenvalue weighted by Gasteiger charge is 2.21. The van der Waals surface area contributed by atoms with Crippen molar-refractivity contribution in [3.05, 3.63) is 58.9 Å². The smallest absolute Gasteiger partial charge is 0.284 e. The predicted octanol–water partition coefficient (Wildman–Crippen LogP) is 3.44. The molecule has 0 unspecified atom stereocenters. The third kappa shape index (κ3) is 2.80. The molecule has 21 heavy (non-hydrogen) atoms. The first-order chi connectivity index (χ1) is 10.0. The molecule has 3 aromatic rings. The van der Waals surface area contributed by atoms with Crippen LogP contribution in [0.5, 0.6) is 0 Å². The van der Waals surface area contributed by atoms with Crippen LogP contribution in [0.4, 0.5) is 0 Å². The fourth-order valence-corrected chi connectivity index (χ4v) is 2.69. The van der Waals surface area contributed by atoms with Crippen molar-refractivity contribution in [3.8, 4) is 11.3 Å². The van der Waals surface area contributed by atoms with Gasteiger partial charge in [-0.05, 0) is 56.9 Å². The van der Waals surface area contributed by atoms with Crippen molar-refractivity contribution in [2.45, 2.75) is 13.5 Å². The molecule has 0 aliphatic heterocycles. The second-order valence-corrected chi connectivity index (χ2v) is 6.09. The Morgan fingerprint density at radius 1 is 1.14 bits per heavy atom. The Morgan fingerprint density at radius 3 is 2.52 bits per heavy atom. The Morgan fingerprint density at radius 2 is 1.86 bits per heavy atom. The van der Waals surface area contributed by atoms with Gasteiger partial charge in [-0.1, -0.05) is 11.6 Å². The van der Waals surface area contributed by atoms with E-state index in [1.165, 1.54) is 11.3 Å². The first-order valence-corrected chi connectivity index (χ1v) is 7.36. The Hall–Kier alpha value is -1.84. The molecule has 0 amide bonds. The lowest BCUT2D eigenvalue weighted by atomic mass is 10.1. The summed E-state index contributed by atoms with van der Waals surface area (Å²) in [4.78, 5) is 5.71. The van der Waals surface area contributed by atoms with Gasteiger partial charge < -0.3 is 4.90 Å². The minimum Gasteiger partial charge on any atom is -0.302 e. The van der Waals surface area contributed by atoms with E-state index in [0.717, 1.165) is 28.5 Å². The molecule has 0 aliphatic rings. The molecule has 108 valence electrons. The molecule has 0 saturated carbocycles. The van der Waals surface area contributed by atoms with Crippen molar-refractivity contribution in [2.75, 3.05) is 14.1 Å². The van der Waals surface area contributed by atoms with Crippen molar-refractivity contribution in [3.63, 3.8) is 0 Å². The Labute approximate surface area is 129 Å². The fraction of sp³-hybridized carbons (Fsp3) is 0.235. The van der Waals surface area contributed by atoms with Gasteiger partial charge in [-0.2, -0.15) is 4.40 Å². The van der Waals surface area contributed by atoms with E-state index in [1.807, 2.05) is 12.1 Å². The van der Waals surface area contributed by atoms with Gasteiger partial charge >= 0.3 is 0 Å². The highest BCUT2D eigenvalue weighted by Crippen LogP contribution is 2.24. The average molecular weight is 301 g/mol. The molecule has 0 radical (unpaired) electrons. The van der Waals surface area contributed by atoms with E-state index >= 15 is 0 Å². The predicted molar refractivity (Wildman–Crippen MR) is 86.5 cm³/mol. The third-order valence-corrected chi connectivity index (χ3v) is 3.79. The lowest BCUT2D eigenvalue weighted by molar-refractivity contribution is -0.520. The van der Waals surface area contributed by atoms with Gasteiger partial charge in [0.15, 0.2) is 11.4 Å². The zero-order chi connectivity index (χ0) is 15.0. The van der Waals surface area contributed by atoms with Crippen LogP contribution in [0, 0.1) is 6.92 Å². The Kier molecular flexibility index (Phi) is 3.70. The average Bonchev–Trinajstić information content (AvgIpc) is 2.77. The first-order valence-electron chi connectivity index (χ1n) is 6.98. The minimum absolute atomic E-state index is 0.757. The highest BCUT2D eigenvalue weighted by molar-refractivity contribution is 6.30. The maximum absolute atomic E-state index is 6.00. The van der Waals surface area contributed by atoms with Crippen molar-refractivity contribution >= 4 is 17.2 Å². The molecule has 0 atom stereocenters. The van der Waals surface area contributed by atoms with Gasteiger partial charge in [0, 0.05) is 16.7 Å². The van der Waals surface area contributed by atoms with Crippen LogP contribution < -0.4 is 4.40 Å². The second-order valence-electron chi connectivity index (χ2n) is 5.65. The Balaban J connectivity index is 2.22. The maximum Gasteiger partial charge on any atom is 0.284 e. The molecule has 2 aromatic heterocycles. The number of halogens is 1. The summed E-state index contributed by atoms with van der Waals surface area (Å²) >= 11 is 6.00. The molecule has 4 heteroatoms. The van der Waals surface area contributed by atoms with Crippen LogP contribution >= 0.6 is 11.6 Å². The lowest BCUT2D eigenvalue weighted by Crippen LogP contribution is -2.28. The van der Waals surface area contributed by atoms with Gasteiger partial charge in [-0.25, -0.2) is 4.98 Å². The van der Waals surface area contributed by atoms with Crippen LogP contribution in [-0.2, 0) is 6.54 Å². The number of imidazole rings is 1. The number of rotatable bonds is 3. The number of hydrogen-bond acceptors (Lipinski definition) is 1. The van der Waals surface area contributed by atoms with Crippen LogP contribution in [0.3, 0.4) is 0 Å². The van der Waals surface area contributed by atoms with Crippen LogP contribution in [-0.4, -0.2) is 24.0 Å². The molecule has 1 N–H and O–H groups in total. The molecular weight excluding hydrogens is 282 g/mol. The molecule has 0 fully saturated rings. The summed E-state index contributed by atoms with van der Waals surface area (Å²) in [5.41, 5.74) is 5.90. The lowest BCUT2D eigenvalue weighted by Gasteiger charge is -2.07. The van der Waals surface area contributed by atoms with Gasteiger partial charge in [0.25, 0.3) is 5.65 Å². The van der Waals surface area contributed by atoms with Crippen molar-refractivity contribution in [2.24, 2.45) is 0 Å². The van der Waals surface area contributed by atoms with E-state index in [0.29, 0.717) is 0 Å². The summed E-state index contributed by atoms with van der Waals surface area (Å²) in [5.74, 6) is 0. The van der Waals surface area contributed by atoms with Gasteiger partial charge in [-0.15, -0.1) is 0 Å². The monoisotopic (exact) mass is 300 g/mol. The van der Waals surface area contributed by atoms with Crippen LogP contribution in [0.15, 0.2) is 42.6 Å². The summed E-state index contributed by atoms with van der Waals surface area (Å²) in [6.45, 7) is 2.97. The number of fused-ring (bicyclic) bond motifs is 1. The quantitative estimate of drug-likeness (QED) is 0.736. The minimum atomic E-state index is 0.757. The molecular formula is C17H19ClN3+. The zero-order valence-corrected chi connectivity index (χ0v) is 13.3. The van der Waals surface area contributed by atoms with Gasteiger partial charge in [-0.3, -0.25) is 0 Å². The van der Waals surface area contributed by atoms with Gasteiger partial charge in [0.1, 0.15) is 0 Å². The highest BCUT2D eigenvalue weighted by atomic mass is 35.5. The summed E-state index contributed by atoms with van der Waals surface area (Å²) in [5, 5.41) is 0.757. The topological polar surface area (TPSA) is 23.1 Å². The van der Waals surface area contributed by atoms with E-state index in [2.05, 4.69) is 65.8 Å². The third-order valence-electron chi connectivity index (χ3n) is 3.54. The summed E-state index contributed by atoms with van der Waals surface area (Å²) in [6, 6.07) is 12.3. The number of aromatic nitrogens is 2. The number of aromatic amines is 1. The van der Waals surface area contributed by atoms with Crippen molar-refractivity contribution in [1.29, 1.82) is 0 Å². The van der Waals surface area contributed by atoms with Crippen LogP contribution in [0.25, 0.3) is 16.9 Å². The molecule has 1 aromatic carbocycles. The van der Waals surface area contributed by atoms with Crippen LogP contribution in [0.2, 0.25) is 5.02 Å². The van der Waals surface area contributed by atoms with Gasteiger partial charge in [0.2, 0.25) is 0 Å². The molecule has 3 rings (SSSR count). The molecule has 0 spiro atoms. The SMILES string of the molecule is Cc1cc[n+]2c(CN(C)C)c(-c3ccc(Cl)cc3)[nH]c2c1. The molecule has 0 aliphatic carbocycles. The number of nitrogens with one attached hydrogen (secondary N) is 1. The number of nitrogens with zero attached hydrogens (tertiary/aromatic N) is 2. The summed E-state index contributed by atoms with van der Waals surface area (Å²) in [6.07, 6.45) is 2.12. The number of H-pyrrole nitrogens is 1.